The Hall–Kier alpha value is -2.37. The monoisotopic (exact) mass is 348 g/mol. The van der Waals surface area contributed by atoms with Gasteiger partial charge in [-0.3, -0.25) is 5.43 Å². The normalized spacial score (nSPS) is 16.6. The molecule has 0 spiro atoms. The molecule has 1 aliphatic rings. The predicted octanol–water partition coefficient (Wildman–Crippen LogP) is 1.57. The molecule has 1 atom stereocenters. The number of hydrogen-bond donors (Lipinski definition) is 2. The highest BCUT2D eigenvalue weighted by Crippen LogP contribution is 2.27. The van der Waals surface area contributed by atoms with Crippen molar-refractivity contribution in [1.29, 1.82) is 5.26 Å². The SMILES string of the molecule is COc1cc(/C=N/NC(=S)NCC2CCCO2)ccc1OCC#N. The van der Waals surface area contributed by atoms with Crippen molar-refractivity contribution in [3.8, 4) is 17.6 Å². The van der Waals surface area contributed by atoms with Crippen molar-refractivity contribution in [2.75, 3.05) is 26.9 Å². The largest absolute Gasteiger partial charge is 0.493 e. The van der Waals surface area contributed by atoms with Crippen LogP contribution in [0.1, 0.15) is 18.4 Å². The Bertz CT molecular complexity index is 624. The average molecular weight is 348 g/mol. The predicted molar refractivity (Wildman–Crippen MR) is 94.4 cm³/mol. The lowest BCUT2D eigenvalue weighted by molar-refractivity contribution is 0.114. The zero-order chi connectivity index (χ0) is 17.2. The molecule has 0 saturated carbocycles. The average Bonchev–Trinajstić information content (AvgIpc) is 3.12. The first kappa shape index (κ1) is 18.0. The molecule has 7 nitrogen and oxygen atoms in total. The van der Waals surface area contributed by atoms with E-state index < -0.39 is 0 Å². The molecule has 1 saturated heterocycles. The minimum Gasteiger partial charge on any atom is -0.493 e. The third-order valence-electron chi connectivity index (χ3n) is 3.37. The minimum atomic E-state index is -0.0317. The second kappa shape index (κ2) is 9.70. The number of thiocarbonyl (C=S) groups is 1. The van der Waals surface area contributed by atoms with Gasteiger partial charge in [0.1, 0.15) is 6.07 Å². The third kappa shape index (κ3) is 5.68. The molecule has 0 radical (unpaired) electrons. The van der Waals surface area contributed by atoms with Crippen molar-refractivity contribution >= 4 is 23.5 Å². The standard InChI is InChI=1S/C16H20N4O3S/c1-21-15-9-12(4-5-14(15)23-8-6-17)10-19-20-16(24)18-11-13-3-2-7-22-13/h4-5,9-10,13H,2-3,7-8,11H2,1H3,(H2,18,20,24)/b19-10+. The van der Waals surface area contributed by atoms with Crippen molar-refractivity contribution in [2.45, 2.75) is 18.9 Å². The van der Waals surface area contributed by atoms with Gasteiger partial charge in [-0.15, -0.1) is 0 Å². The highest BCUT2D eigenvalue weighted by Gasteiger charge is 2.15. The molecule has 8 heteroatoms. The van der Waals surface area contributed by atoms with Gasteiger partial charge in [-0.05, 0) is 48.8 Å². The van der Waals surface area contributed by atoms with Gasteiger partial charge in [0, 0.05) is 13.2 Å². The van der Waals surface area contributed by atoms with Crippen LogP contribution in [0.25, 0.3) is 0 Å². The number of hydrogen-bond acceptors (Lipinski definition) is 6. The Kier molecular flexibility index (Phi) is 7.26. The van der Waals surface area contributed by atoms with E-state index in [-0.39, 0.29) is 12.7 Å². The fourth-order valence-corrected chi connectivity index (χ4v) is 2.35. The Balaban J connectivity index is 1.82. The number of methoxy groups -OCH3 is 1. The maximum absolute atomic E-state index is 8.56. The van der Waals surface area contributed by atoms with E-state index in [1.807, 2.05) is 12.1 Å². The van der Waals surface area contributed by atoms with Crippen LogP contribution in [0.3, 0.4) is 0 Å². The summed E-state index contributed by atoms with van der Waals surface area (Å²) in [5.74, 6) is 1.05. The number of nitriles is 1. The lowest BCUT2D eigenvalue weighted by Gasteiger charge is -2.11. The molecular formula is C16H20N4O3S. The summed E-state index contributed by atoms with van der Waals surface area (Å²) in [7, 11) is 1.54. The Labute approximate surface area is 146 Å². The van der Waals surface area contributed by atoms with E-state index in [0.717, 1.165) is 25.0 Å². The van der Waals surface area contributed by atoms with Crippen LogP contribution in [0.5, 0.6) is 11.5 Å². The van der Waals surface area contributed by atoms with Gasteiger partial charge < -0.3 is 19.5 Å². The van der Waals surface area contributed by atoms with Crippen LogP contribution in [0.15, 0.2) is 23.3 Å². The molecule has 1 aliphatic heterocycles. The second-order valence-corrected chi connectivity index (χ2v) is 5.48. The topological polar surface area (TPSA) is 87.9 Å². The zero-order valence-electron chi connectivity index (χ0n) is 13.4. The minimum absolute atomic E-state index is 0.0317. The first-order valence-corrected chi connectivity index (χ1v) is 8.00. The van der Waals surface area contributed by atoms with Crippen molar-refractivity contribution in [2.24, 2.45) is 5.10 Å². The van der Waals surface area contributed by atoms with Gasteiger partial charge in [0.25, 0.3) is 0 Å². The van der Waals surface area contributed by atoms with Crippen LogP contribution in [-0.2, 0) is 4.74 Å². The summed E-state index contributed by atoms with van der Waals surface area (Å²) in [6, 6.07) is 7.22. The summed E-state index contributed by atoms with van der Waals surface area (Å²) in [6.07, 6.45) is 4.00. The maximum atomic E-state index is 8.56. The molecule has 1 heterocycles. The van der Waals surface area contributed by atoms with Crippen molar-refractivity contribution in [3.63, 3.8) is 0 Å². The van der Waals surface area contributed by atoms with Crippen LogP contribution in [0.4, 0.5) is 0 Å². The van der Waals surface area contributed by atoms with Crippen LogP contribution in [0, 0.1) is 11.3 Å². The Morgan fingerprint density at radius 3 is 3.12 bits per heavy atom. The molecule has 1 aromatic rings. The molecule has 0 bridgehead atoms. The van der Waals surface area contributed by atoms with Gasteiger partial charge in [0.15, 0.2) is 23.2 Å². The lowest BCUT2D eigenvalue weighted by Crippen LogP contribution is -2.37. The zero-order valence-corrected chi connectivity index (χ0v) is 14.3. The first-order chi connectivity index (χ1) is 11.7. The van der Waals surface area contributed by atoms with Crippen LogP contribution in [0.2, 0.25) is 0 Å². The van der Waals surface area contributed by atoms with Gasteiger partial charge in [0.05, 0.1) is 19.4 Å². The van der Waals surface area contributed by atoms with Gasteiger partial charge in [-0.1, -0.05) is 0 Å². The highest BCUT2D eigenvalue weighted by molar-refractivity contribution is 7.80. The number of benzene rings is 1. The van der Waals surface area contributed by atoms with Crippen molar-refractivity contribution < 1.29 is 14.2 Å². The van der Waals surface area contributed by atoms with Crippen molar-refractivity contribution in [3.05, 3.63) is 23.8 Å². The molecule has 2 N–H and O–H groups in total. The third-order valence-corrected chi connectivity index (χ3v) is 3.61. The van der Waals surface area contributed by atoms with Crippen molar-refractivity contribution in [1.82, 2.24) is 10.7 Å². The quantitative estimate of drug-likeness (QED) is 0.439. The fraction of sp³-hybridized carbons (Fsp3) is 0.438. The smallest absolute Gasteiger partial charge is 0.187 e. The second-order valence-electron chi connectivity index (χ2n) is 5.07. The van der Waals surface area contributed by atoms with Gasteiger partial charge in [-0.25, -0.2) is 0 Å². The van der Waals surface area contributed by atoms with E-state index in [2.05, 4.69) is 15.8 Å². The molecule has 1 unspecified atom stereocenters. The van der Waals surface area contributed by atoms with E-state index in [0.29, 0.717) is 23.2 Å². The molecule has 0 aromatic heterocycles. The summed E-state index contributed by atoms with van der Waals surface area (Å²) in [4.78, 5) is 0. The molecule has 2 rings (SSSR count). The van der Waals surface area contributed by atoms with E-state index in [4.69, 9.17) is 31.7 Å². The molecule has 24 heavy (non-hydrogen) atoms. The van der Waals surface area contributed by atoms with E-state index in [1.54, 1.807) is 18.3 Å². The summed E-state index contributed by atoms with van der Waals surface area (Å²) in [6.45, 7) is 1.47. The van der Waals surface area contributed by atoms with E-state index in [1.165, 1.54) is 7.11 Å². The number of ether oxygens (including phenoxy) is 3. The highest BCUT2D eigenvalue weighted by atomic mass is 32.1. The summed E-state index contributed by atoms with van der Waals surface area (Å²) in [5, 5.41) is 16.2. The molecule has 0 amide bonds. The van der Waals surface area contributed by atoms with Gasteiger partial charge in [0.2, 0.25) is 0 Å². The maximum Gasteiger partial charge on any atom is 0.187 e. The number of nitrogens with zero attached hydrogens (tertiary/aromatic N) is 2. The number of rotatable bonds is 7. The Morgan fingerprint density at radius 2 is 2.42 bits per heavy atom. The fourth-order valence-electron chi connectivity index (χ4n) is 2.21. The molecule has 1 fully saturated rings. The van der Waals surface area contributed by atoms with Gasteiger partial charge >= 0.3 is 0 Å². The summed E-state index contributed by atoms with van der Waals surface area (Å²) < 4.78 is 16.0. The summed E-state index contributed by atoms with van der Waals surface area (Å²) >= 11 is 5.15. The molecular weight excluding hydrogens is 328 g/mol. The summed E-state index contributed by atoms with van der Waals surface area (Å²) in [5.41, 5.74) is 3.57. The van der Waals surface area contributed by atoms with E-state index in [9.17, 15) is 0 Å². The van der Waals surface area contributed by atoms with Gasteiger partial charge in [-0.2, -0.15) is 10.4 Å². The number of nitrogens with one attached hydrogen (secondary N) is 2. The van der Waals surface area contributed by atoms with E-state index >= 15 is 0 Å². The van der Waals surface area contributed by atoms with Crippen LogP contribution < -0.4 is 20.2 Å². The molecule has 128 valence electrons. The van der Waals surface area contributed by atoms with Crippen LogP contribution in [-0.4, -0.2) is 44.3 Å². The molecule has 0 aliphatic carbocycles. The number of hydrazone groups is 1. The first-order valence-electron chi connectivity index (χ1n) is 7.59. The van der Waals surface area contributed by atoms with Crippen LogP contribution >= 0.6 is 12.2 Å². The molecule has 1 aromatic carbocycles. The Morgan fingerprint density at radius 1 is 1.54 bits per heavy atom. The lowest BCUT2D eigenvalue weighted by atomic mass is 10.2.